The number of aliphatic carboxylic acids is 1. The Balaban J connectivity index is 1.51. The van der Waals surface area contributed by atoms with Crippen molar-refractivity contribution in [1.29, 1.82) is 0 Å². The van der Waals surface area contributed by atoms with E-state index in [4.69, 9.17) is 28.8 Å². The maximum atomic E-state index is 13.5. The largest absolute Gasteiger partial charge is 0.508 e. The first-order valence-corrected chi connectivity index (χ1v) is 12.7. The number of phenolic OH excluding ortho intramolecular Hbond substituents is 3. The SMILES string of the molecule is COc1cc([C@H]2Oc3cc([C@H]4Oc5cc(O)cc(O)c5C(=O)[C@@H]4OC(=O)CCC(=O)O)ccc3O[C@@H]2CO)ccc1O. The van der Waals surface area contributed by atoms with Crippen LogP contribution in [0, 0.1) is 0 Å². The molecule has 4 atom stereocenters. The zero-order valence-electron chi connectivity index (χ0n) is 22.1. The van der Waals surface area contributed by atoms with E-state index >= 15 is 0 Å². The highest BCUT2D eigenvalue weighted by Gasteiger charge is 2.44. The van der Waals surface area contributed by atoms with E-state index in [9.17, 15) is 34.8 Å². The Morgan fingerprint density at radius 1 is 0.833 bits per heavy atom. The predicted octanol–water partition coefficient (Wildman–Crippen LogP) is 2.78. The summed E-state index contributed by atoms with van der Waals surface area (Å²) in [4.78, 5) is 36.9. The monoisotopic (exact) mass is 582 g/mol. The van der Waals surface area contributed by atoms with Crippen LogP contribution in [0.3, 0.4) is 0 Å². The van der Waals surface area contributed by atoms with Gasteiger partial charge in [-0.3, -0.25) is 14.4 Å². The fourth-order valence-electron chi connectivity index (χ4n) is 4.79. The third kappa shape index (κ3) is 5.41. The van der Waals surface area contributed by atoms with E-state index in [0.29, 0.717) is 5.56 Å². The van der Waals surface area contributed by atoms with Crippen LogP contribution in [-0.4, -0.2) is 69.2 Å². The lowest BCUT2D eigenvalue weighted by Gasteiger charge is -2.35. The minimum atomic E-state index is -1.63. The van der Waals surface area contributed by atoms with E-state index in [-0.39, 0.29) is 45.6 Å². The second kappa shape index (κ2) is 11.4. The number of carboxylic acid groups (broad SMARTS) is 1. The van der Waals surface area contributed by atoms with Crippen molar-refractivity contribution in [2.45, 2.75) is 37.3 Å². The number of methoxy groups -OCH3 is 1. The van der Waals surface area contributed by atoms with Crippen LogP contribution in [0.25, 0.3) is 0 Å². The van der Waals surface area contributed by atoms with Gasteiger partial charge in [0.15, 0.2) is 41.3 Å². The van der Waals surface area contributed by atoms with Gasteiger partial charge in [-0.15, -0.1) is 0 Å². The van der Waals surface area contributed by atoms with Crippen LogP contribution in [0.4, 0.5) is 0 Å². The number of fused-ring (bicyclic) bond motifs is 2. The number of phenols is 3. The second-order valence-electron chi connectivity index (χ2n) is 9.56. The number of hydrogen-bond donors (Lipinski definition) is 5. The highest BCUT2D eigenvalue weighted by Crippen LogP contribution is 2.46. The average molecular weight is 583 g/mol. The minimum absolute atomic E-state index is 0.0957. The highest BCUT2D eigenvalue weighted by molar-refractivity contribution is 6.06. The first kappa shape index (κ1) is 28.4. The zero-order valence-corrected chi connectivity index (χ0v) is 22.1. The molecule has 5 rings (SSSR count). The Morgan fingerprint density at radius 2 is 1.55 bits per heavy atom. The van der Waals surface area contributed by atoms with Gasteiger partial charge in [0, 0.05) is 23.3 Å². The van der Waals surface area contributed by atoms with Gasteiger partial charge in [-0.05, 0) is 24.3 Å². The molecule has 0 saturated heterocycles. The van der Waals surface area contributed by atoms with Crippen molar-refractivity contribution in [3.05, 3.63) is 65.2 Å². The molecule has 13 nitrogen and oxygen atoms in total. The van der Waals surface area contributed by atoms with E-state index in [1.165, 1.54) is 37.4 Å². The Morgan fingerprint density at radius 3 is 2.26 bits per heavy atom. The number of aromatic hydroxyl groups is 3. The molecule has 3 aromatic carbocycles. The van der Waals surface area contributed by atoms with Crippen LogP contribution in [0.1, 0.15) is 46.5 Å². The molecule has 2 heterocycles. The van der Waals surface area contributed by atoms with E-state index < -0.39 is 67.3 Å². The van der Waals surface area contributed by atoms with Gasteiger partial charge >= 0.3 is 11.9 Å². The van der Waals surface area contributed by atoms with Gasteiger partial charge in [-0.1, -0.05) is 12.1 Å². The molecule has 0 unspecified atom stereocenters. The summed E-state index contributed by atoms with van der Waals surface area (Å²) in [5, 5.41) is 49.2. The molecule has 0 spiro atoms. The van der Waals surface area contributed by atoms with Gasteiger partial charge in [0.1, 0.15) is 22.8 Å². The van der Waals surface area contributed by atoms with Crippen LogP contribution < -0.4 is 18.9 Å². The molecule has 0 fully saturated rings. The Hall–Kier alpha value is -5.17. The summed E-state index contributed by atoms with van der Waals surface area (Å²) in [6, 6.07) is 11.1. The number of hydrogen-bond acceptors (Lipinski definition) is 12. The summed E-state index contributed by atoms with van der Waals surface area (Å²) in [5.74, 6) is -3.64. The number of benzene rings is 3. The molecule has 0 amide bonds. The molecule has 220 valence electrons. The van der Waals surface area contributed by atoms with Gasteiger partial charge in [0.05, 0.1) is 26.6 Å². The van der Waals surface area contributed by atoms with Crippen LogP contribution >= 0.6 is 0 Å². The van der Waals surface area contributed by atoms with E-state index in [2.05, 4.69) is 0 Å². The summed E-state index contributed by atoms with van der Waals surface area (Å²) in [6.07, 6.45) is -5.63. The lowest BCUT2D eigenvalue weighted by Crippen LogP contribution is -2.40. The molecule has 0 radical (unpaired) electrons. The zero-order chi connectivity index (χ0) is 30.1. The van der Waals surface area contributed by atoms with Gasteiger partial charge in [0.25, 0.3) is 0 Å². The fraction of sp³-hybridized carbons (Fsp3) is 0.276. The van der Waals surface area contributed by atoms with Crippen LogP contribution in [0.2, 0.25) is 0 Å². The number of carbonyl (C=O) groups excluding carboxylic acids is 2. The molecule has 0 saturated carbocycles. The second-order valence-corrected chi connectivity index (χ2v) is 9.56. The fourth-order valence-corrected chi connectivity index (χ4v) is 4.79. The predicted molar refractivity (Wildman–Crippen MR) is 140 cm³/mol. The summed E-state index contributed by atoms with van der Waals surface area (Å²) < 4.78 is 28.7. The maximum absolute atomic E-state index is 13.5. The summed E-state index contributed by atoms with van der Waals surface area (Å²) in [5.41, 5.74) is 0.485. The van der Waals surface area contributed by atoms with Gasteiger partial charge in [0.2, 0.25) is 11.9 Å². The molecular weight excluding hydrogens is 556 g/mol. The number of carboxylic acids is 1. The van der Waals surface area contributed by atoms with Crippen LogP contribution in [0.15, 0.2) is 48.5 Å². The Labute approximate surface area is 238 Å². The third-order valence-electron chi connectivity index (χ3n) is 6.78. The number of aliphatic hydroxyl groups is 1. The summed E-state index contributed by atoms with van der Waals surface area (Å²) in [7, 11) is 1.39. The topological polar surface area (TPSA) is 199 Å². The van der Waals surface area contributed by atoms with Gasteiger partial charge in [-0.25, -0.2) is 0 Å². The molecule has 42 heavy (non-hydrogen) atoms. The molecule has 0 aromatic heterocycles. The number of ether oxygens (including phenoxy) is 5. The molecule has 2 aliphatic heterocycles. The first-order chi connectivity index (χ1) is 20.1. The molecule has 0 aliphatic carbocycles. The molecule has 3 aromatic rings. The third-order valence-corrected chi connectivity index (χ3v) is 6.78. The smallest absolute Gasteiger partial charge is 0.307 e. The minimum Gasteiger partial charge on any atom is -0.508 e. The molecular formula is C29H26O13. The number of aliphatic hydroxyl groups excluding tert-OH is 1. The number of esters is 1. The maximum Gasteiger partial charge on any atom is 0.307 e. The number of carbonyl (C=O) groups is 3. The summed E-state index contributed by atoms with van der Waals surface area (Å²) in [6.45, 7) is -0.409. The normalized spacial score (nSPS) is 20.7. The van der Waals surface area contributed by atoms with Crippen molar-refractivity contribution in [3.8, 4) is 40.2 Å². The quantitative estimate of drug-likeness (QED) is 0.243. The molecule has 13 heteroatoms. The van der Waals surface area contributed by atoms with E-state index in [1.807, 2.05) is 0 Å². The molecule has 0 bridgehead atoms. The van der Waals surface area contributed by atoms with Gasteiger partial charge in [-0.2, -0.15) is 0 Å². The van der Waals surface area contributed by atoms with Crippen molar-refractivity contribution in [2.24, 2.45) is 0 Å². The first-order valence-electron chi connectivity index (χ1n) is 12.7. The van der Waals surface area contributed by atoms with Gasteiger partial charge < -0.3 is 49.2 Å². The standard InChI is InChI=1S/C29H26O13/c1-38-19-8-13(2-4-16(19)32)27-22(12-30)39-18-5-3-14(9-20(18)40-27)28-29(42-24(36)7-6-23(34)35)26(37)25-17(33)10-15(31)11-21(25)41-28/h2-5,8-11,22,27-33H,6-7,12H2,1H3,(H,34,35)/t22-,27-,28-,29+/m1/s1. The summed E-state index contributed by atoms with van der Waals surface area (Å²) >= 11 is 0. The lowest BCUT2D eigenvalue weighted by molar-refractivity contribution is -0.154. The lowest BCUT2D eigenvalue weighted by atomic mass is 9.92. The number of ketones is 1. The molecule has 2 aliphatic rings. The highest BCUT2D eigenvalue weighted by atomic mass is 16.6. The molecule has 5 N–H and O–H groups in total. The van der Waals surface area contributed by atoms with Crippen LogP contribution in [-0.2, 0) is 14.3 Å². The number of rotatable bonds is 8. The van der Waals surface area contributed by atoms with Crippen molar-refractivity contribution >= 4 is 17.7 Å². The van der Waals surface area contributed by atoms with Crippen molar-refractivity contribution < 1.29 is 63.6 Å². The van der Waals surface area contributed by atoms with Crippen molar-refractivity contribution in [3.63, 3.8) is 0 Å². The van der Waals surface area contributed by atoms with Crippen molar-refractivity contribution in [2.75, 3.05) is 13.7 Å². The Kier molecular flexibility index (Phi) is 7.68. The number of Topliss-reactive ketones (excluding diaryl/α,β-unsaturated/α-hetero) is 1. The average Bonchev–Trinajstić information content (AvgIpc) is 2.96. The van der Waals surface area contributed by atoms with E-state index in [1.54, 1.807) is 6.07 Å². The Bertz CT molecular complexity index is 1550. The van der Waals surface area contributed by atoms with E-state index in [0.717, 1.165) is 12.1 Å². The van der Waals surface area contributed by atoms with Crippen LogP contribution in [0.5, 0.6) is 40.2 Å². The van der Waals surface area contributed by atoms with Crippen molar-refractivity contribution in [1.82, 2.24) is 0 Å².